The van der Waals surface area contributed by atoms with E-state index in [1.165, 1.54) is 6.42 Å². The molecule has 6 heteroatoms. The number of hydrogen-bond donors (Lipinski definition) is 1. The van der Waals surface area contributed by atoms with Gasteiger partial charge in [-0.1, -0.05) is 36.8 Å². The number of fused-ring (bicyclic) bond motifs is 1. The van der Waals surface area contributed by atoms with Crippen molar-refractivity contribution in [1.29, 1.82) is 0 Å². The van der Waals surface area contributed by atoms with Crippen LogP contribution in [0.2, 0.25) is 0 Å². The molecule has 27 heavy (non-hydrogen) atoms. The lowest BCUT2D eigenvalue weighted by molar-refractivity contribution is 0.0946. The van der Waals surface area contributed by atoms with Crippen molar-refractivity contribution in [2.45, 2.75) is 45.7 Å². The fourth-order valence-corrected chi connectivity index (χ4v) is 3.72. The molecule has 1 aliphatic rings. The number of amides is 1. The number of rotatable bonds is 5. The van der Waals surface area contributed by atoms with E-state index in [1.807, 2.05) is 35.9 Å². The lowest BCUT2D eigenvalue weighted by Gasteiger charge is -2.09. The zero-order valence-electron chi connectivity index (χ0n) is 15.7. The van der Waals surface area contributed by atoms with E-state index in [0.29, 0.717) is 18.8 Å². The zero-order chi connectivity index (χ0) is 18.6. The highest BCUT2D eigenvalue weighted by molar-refractivity contribution is 5.94. The SMILES string of the molecule is Cc1nccn1CCNC(=O)c1nc(-c2ccccc2)n2c1CCCCC2. The highest BCUT2D eigenvalue weighted by Crippen LogP contribution is 2.27. The maximum Gasteiger partial charge on any atom is 0.271 e. The number of aromatic nitrogens is 4. The first-order valence-corrected chi connectivity index (χ1v) is 9.65. The summed E-state index contributed by atoms with van der Waals surface area (Å²) in [6.45, 7) is 4.15. The lowest BCUT2D eigenvalue weighted by atomic mass is 10.1. The molecule has 0 spiro atoms. The van der Waals surface area contributed by atoms with Crippen LogP contribution in [0, 0.1) is 6.92 Å². The summed E-state index contributed by atoms with van der Waals surface area (Å²) >= 11 is 0. The minimum absolute atomic E-state index is 0.0828. The minimum Gasteiger partial charge on any atom is -0.349 e. The van der Waals surface area contributed by atoms with Crippen LogP contribution in [0.5, 0.6) is 0 Å². The molecule has 4 rings (SSSR count). The molecule has 1 aromatic carbocycles. The number of carbonyl (C=O) groups is 1. The van der Waals surface area contributed by atoms with Gasteiger partial charge >= 0.3 is 0 Å². The van der Waals surface area contributed by atoms with E-state index in [9.17, 15) is 4.79 Å². The molecule has 1 aliphatic heterocycles. The summed E-state index contributed by atoms with van der Waals surface area (Å²) in [5, 5.41) is 3.04. The first-order valence-electron chi connectivity index (χ1n) is 9.65. The highest BCUT2D eigenvalue weighted by Gasteiger charge is 2.24. The van der Waals surface area contributed by atoms with Crippen LogP contribution in [-0.2, 0) is 19.5 Å². The number of nitrogens with one attached hydrogen (secondary N) is 1. The minimum atomic E-state index is -0.0828. The Labute approximate surface area is 159 Å². The Hall–Kier alpha value is -2.89. The summed E-state index contributed by atoms with van der Waals surface area (Å²) in [5.74, 6) is 1.77. The standard InChI is InChI=1S/C21H25N5O/c1-16-22-11-14-25(16)15-12-23-21(27)19-18-10-6-3-7-13-26(18)20(24-19)17-8-4-2-5-9-17/h2,4-5,8-9,11,14H,3,6-7,10,12-13,15H2,1H3,(H,23,27). The summed E-state index contributed by atoms with van der Waals surface area (Å²) in [7, 11) is 0. The molecule has 0 atom stereocenters. The number of carbonyl (C=O) groups excluding carboxylic acids is 1. The van der Waals surface area contributed by atoms with E-state index in [2.05, 4.69) is 27.0 Å². The third-order valence-electron chi connectivity index (χ3n) is 5.18. The summed E-state index contributed by atoms with van der Waals surface area (Å²) in [4.78, 5) is 21.9. The molecular formula is C21H25N5O. The third kappa shape index (κ3) is 3.65. The Kier molecular flexibility index (Phi) is 5.05. The molecule has 140 valence electrons. The van der Waals surface area contributed by atoms with Gasteiger partial charge in [-0.2, -0.15) is 0 Å². The van der Waals surface area contributed by atoms with Gasteiger partial charge in [-0.15, -0.1) is 0 Å². The smallest absolute Gasteiger partial charge is 0.271 e. The average molecular weight is 363 g/mol. The number of benzene rings is 1. The van der Waals surface area contributed by atoms with Crippen LogP contribution in [-0.4, -0.2) is 31.6 Å². The van der Waals surface area contributed by atoms with E-state index in [-0.39, 0.29) is 5.91 Å². The van der Waals surface area contributed by atoms with Crippen molar-refractivity contribution in [2.75, 3.05) is 6.54 Å². The Morgan fingerprint density at radius 3 is 2.81 bits per heavy atom. The second kappa shape index (κ2) is 7.78. The quantitative estimate of drug-likeness (QED) is 0.757. The molecule has 1 amide bonds. The van der Waals surface area contributed by atoms with Crippen molar-refractivity contribution in [3.05, 3.63) is 59.9 Å². The van der Waals surface area contributed by atoms with Crippen LogP contribution in [0.15, 0.2) is 42.7 Å². The second-order valence-corrected chi connectivity index (χ2v) is 6.98. The van der Waals surface area contributed by atoms with Crippen LogP contribution < -0.4 is 5.32 Å². The van der Waals surface area contributed by atoms with Crippen molar-refractivity contribution < 1.29 is 4.79 Å². The maximum atomic E-state index is 12.9. The molecule has 6 nitrogen and oxygen atoms in total. The number of aryl methyl sites for hydroxylation is 1. The molecule has 0 bridgehead atoms. The summed E-state index contributed by atoms with van der Waals surface area (Å²) in [6.07, 6.45) is 8.04. The molecular weight excluding hydrogens is 338 g/mol. The number of imidazole rings is 2. The van der Waals surface area contributed by atoms with Crippen molar-refractivity contribution in [3.8, 4) is 11.4 Å². The Morgan fingerprint density at radius 1 is 1.19 bits per heavy atom. The van der Waals surface area contributed by atoms with Crippen molar-refractivity contribution in [1.82, 2.24) is 24.4 Å². The summed E-state index contributed by atoms with van der Waals surface area (Å²) < 4.78 is 4.28. The van der Waals surface area contributed by atoms with Crippen LogP contribution in [0.1, 0.15) is 41.3 Å². The van der Waals surface area contributed by atoms with Crippen LogP contribution in [0.4, 0.5) is 0 Å². The summed E-state index contributed by atoms with van der Waals surface area (Å²) in [6, 6.07) is 10.2. The first-order chi connectivity index (χ1) is 13.2. The van der Waals surface area contributed by atoms with E-state index in [1.54, 1.807) is 6.20 Å². The van der Waals surface area contributed by atoms with Gasteiger partial charge in [-0.25, -0.2) is 9.97 Å². The maximum absolute atomic E-state index is 12.9. The monoisotopic (exact) mass is 363 g/mol. The van der Waals surface area contributed by atoms with Gasteiger partial charge in [0, 0.05) is 37.6 Å². The molecule has 0 aliphatic carbocycles. The Morgan fingerprint density at radius 2 is 2.04 bits per heavy atom. The molecule has 1 N–H and O–H groups in total. The average Bonchev–Trinajstić information content (AvgIpc) is 3.17. The molecule has 0 unspecified atom stereocenters. The second-order valence-electron chi connectivity index (χ2n) is 6.98. The van der Waals surface area contributed by atoms with Gasteiger partial charge in [0.15, 0.2) is 0 Å². The number of hydrogen-bond acceptors (Lipinski definition) is 3. The molecule has 0 saturated carbocycles. The van der Waals surface area contributed by atoms with Gasteiger partial charge in [-0.05, 0) is 26.2 Å². The molecule has 2 aromatic heterocycles. The molecule has 3 aromatic rings. The predicted molar refractivity (Wildman–Crippen MR) is 105 cm³/mol. The van der Waals surface area contributed by atoms with Gasteiger partial charge in [0.2, 0.25) is 0 Å². The van der Waals surface area contributed by atoms with Gasteiger partial charge in [0.25, 0.3) is 5.91 Å². The molecule has 0 radical (unpaired) electrons. The van der Waals surface area contributed by atoms with E-state index < -0.39 is 0 Å². The van der Waals surface area contributed by atoms with Crippen molar-refractivity contribution in [3.63, 3.8) is 0 Å². The zero-order valence-corrected chi connectivity index (χ0v) is 15.7. The largest absolute Gasteiger partial charge is 0.349 e. The van der Waals surface area contributed by atoms with Gasteiger partial charge < -0.3 is 14.5 Å². The fraction of sp³-hybridized carbons (Fsp3) is 0.381. The molecule has 0 saturated heterocycles. The van der Waals surface area contributed by atoms with Gasteiger partial charge in [0.05, 0.1) is 5.69 Å². The van der Waals surface area contributed by atoms with Crippen LogP contribution >= 0.6 is 0 Å². The van der Waals surface area contributed by atoms with Crippen molar-refractivity contribution in [2.24, 2.45) is 0 Å². The van der Waals surface area contributed by atoms with Gasteiger partial charge in [-0.3, -0.25) is 4.79 Å². The normalized spacial score (nSPS) is 13.8. The molecule has 3 heterocycles. The van der Waals surface area contributed by atoms with Crippen LogP contribution in [0.3, 0.4) is 0 Å². The van der Waals surface area contributed by atoms with E-state index in [4.69, 9.17) is 4.98 Å². The lowest BCUT2D eigenvalue weighted by Crippen LogP contribution is -2.28. The molecule has 0 fully saturated rings. The van der Waals surface area contributed by atoms with Gasteiger partial charge in [0.1, 0.15) is 17.3 Å². The first kappa shape index (κ1) is 17.5. The number of nitrogens with zero attached hydrogens (tertiary/aromatic N) is 4. The summed E-state index contributed by atoms with van der Waals surface area (Å²) in [5.41, 5.74) is 2.72. The van der Waals surface area contributed by atoms with E-state index >= 15 is 0 Å². The Balaban J connectivity index is 1.57. The van der Waals surface area contributed by atoms with E-state index in [0.717, 1.165) is 48.7 Å². The van der Waals surface area contributed by atoms with Crippen molar-refractivity contribution >= 4 is 5.91 Å². The third-order valence-corrected chi connectivity index (χ3v) is 5.18. The predicted octanol–water partition coefficient (Wildman–Crippen LogP) is 3.21. The Bertz CT molecular complexity index is 925. The fourth-order valence-electron chi connectivity index (χ4n) is 3.72. The highest BCUT2D eigenvalue weighted by atomic mass is 16.1. The topological polar surface area (TPSA) is 64.7 Å². The van der Waals surface area contributed by atoms with Crippen LogP contribution in [0.25, 0.3) is 11.4 Å².